The molecule has 19 heavy (non-hydrogen) atoms. The number of aryl methyl sites for hydroxylation is 1. The molecule has 100 valence electrons. The highest BCUT2D eigenvalue weighted by Gasteiger charge is 2.22. The van der Waals surface area contributed by atoms with E-state index in [-0.39, 0.29) is 0 Å². The van der Waals surface area contributed by atoms with Gasteiger partial charge < -0.3 is 10.3 Å². The van der Waals surface area contributed by atoms with Crippen LogP contribution in [0.1, 0.15) is 18.4 Å². The molecule has 1 saturated heterocycles. The smallest absolute Gasteiger partial charge is 0.0456 e. The van der Waals surface area contributed by atoms with E-state index in [1.165, 1.54) is 35.7 Å². The molecule has 0 radical (unpaired) electrons. The Balaban J connectivity index is 1.70. The molecular weight excluding hydrogens is 232 g/mol. The van der Waals surface area contributed by atoms with E-state index in [4.69, 9.17) is 0 Å². The molecule has 2 nitrogen and oxygen atoms in total. The third-order valence-electron chi connectivity index (χ3n) is 4.44. The van der Waals surface area contributed by atoms with Crippen LogP contribution in [-0.4, -0.2) is 18.1 Å². The fourth-order valence-electron chi connectivity index (χ4n) is 3.25. The van der Waals surface area contributed by atoms with Crippen molar-refractivity contribution in [3.05, 3.63) is 48.7 Å². The molecule has 2 N–H and O–H groups in total. The van der Waals surface area contributed by atoms with Gasteiger partial charge in [0.05, 0.1) is 0 Å². The van der Waals surface area contributed by atoms with Crippen molar-refractivity contribution >= 4 is 10.9 Å². The number of aromatic amines is 1. The first-order valence-corrected chi connectivity index (χ1v) is 7.27. The number of H-pyrrole nitrogens is 1. The molecule has 2 heteroatoms. The van der Waals surface area contributed by atoms with Gasteiger partial charge in [-0.25, -0.2) is 0 Å². The average Bonchev–Trinajstić information content (AvgIpc) is 2.89. The molecule has 1 aliphatic rings. The Hall–Kier alpha value is -1.54. The van der Waals surface area contributed by atoms with Crippen molar-refractivity contribution in [2.24, 2.45) is 11.8 Å². The molecule has 0 saturated carbocycles. The molecule has 2 atom stereocenters. The minimum Gasteiger partial charge on any atom is -0.361 e. The molecule has 3 rings (SSSR count). The van der Waals surface area contributed by atoms with E-state index in [1.807, 2.05) is 0 Å². The number of fused-ring (bicyclic) bond motifs is 1. The number of hydrogen-bond donors (Lipinski definition) is 2. The fraction of sp³-hybridized carbons (Fsp3) is 0.412. The molecular formula is C17H22N2. The highest BCUT2D eigenvalue weighted by molar-refractivity contribution is 5.82. The second kappa shape index (κ2) is 5.62. The van der Waals surface area contributed by atoms with Crippen LogP contribution in [0.4, 0.5) is 0 Å². The minimum absolute atomic E-state index is 0.638. The zero-order chi connectivity index (χ0) is 13.1. The summed E-state index contributed by atoms with van der Waals surface area (Å²) in [4.78, 5) is 3.37. The van der Waals surface area contributed by atoms with E-state index in [9.17, 15) is 0 Å². The molecule has 0 amide bonds. The molecule has 2 heterocycles. The van der Waals surface area contributed by atoms with Gasteiger partial charge in [-0.15, -0.1) is 6.58 Å². The lowest BCUT2D eigenvalue weighted by Gasteiger charge is -2.30. The molecule has 2 aromatic rings. The van der Waals surface area contributed by atoms with Gasteiger partial charge in [-0.1, -0.05) is 24.3 Å². The highest BCUT2D eigenvalue weighted by atomic mass is 14.9. The summed E-state index contributed by atoms with van der Waals surface area (Å²) >= 11 is 0. The molecule has 2 unspecified atom stereocenters. The largest absolute Gasteiger partial charge is 0.361 e. The van der Waals surface area contributed by atoms with Crippen LogP contribution in [0.5, 0.6) is 0 Å². The second-order valence-corrected chi connectivity index (χ2v) is 5.55. The van der Waals surface area contributed by atoms with Crippen molar-refractivity contribution in [3.63, 3.8) is 0 Å². The van der Waals surface area contributed by atoms with Gasteiger partial charge >= 0.3 is 0 Å². The first kappa shape index (κ1) is 12.5. The maximum Gasteiger partial charge on any atom is 0.0456 e. The van der Waals surface area contributed by atoms with E-state index in [0.29, 0.717) is 5.92 Å². The fourth-order valence-corrected chi connectivity index (χ4v) is 3.25. The molecule has 1 aromatic heterocycles. The maximum atomic E-state index is 3.98. The third kappa shape index (κ3) is 2.59. The Bertz CT molecular complexity index is 555. The van der Waals surface area contributed by atoms with E-state index >= 15 is 0 Å². The number of para-hydroxylation sites is 1. The van der Waals surface area contributed by atoms with Gasteiger partial charge in [-0.2, -0.15) is 0 Å². The number of piperidine rings is 1. The Morgan fingerprint density at radius 2 is 2.21 bits per heavy atom. The lowest BCUT2D eigenvalue weighted by molar-refractivity contribution is 0.285. The van der Waals surface area contributed by atoms with Crippen molar-refractivity contribution in [1.82, 2.24) is 10.3 Å². The van der Waals surface area contributed by atoms with E-state index in [1.54, 1.807) is 0 Å². The first-order valence-electron chi connectivity index (χ1n) is 7.27. The molecule has 0 aliphatic carbocycles. The summed E-state index contributed by atoms with van der Waals surface area (Å²) < 4.78 is 0. The van der Waals surface area contributed by atoms with E-state index in [2.05, 4.69) is 53.4 Å². The van der Waals surface area contributed by atoms with E-state index in [0.717, 1.165) is 19.0 Å². The average molecular weight is 254 g/mol. The standard InChI is InChI=1S/C17H22N2/c1-2-13-11-18-10-9-14(13)7-8-15-12-19-17-6-4-3-5-16(15)17/h2-6,12-14,18-19H,1,7-11H2. The van der Waals surface area contributed by atoms with Crippen LogP contribution >= 0.6 is 0 Å². The van der Waals surface area contributed by atoms with Gasteiger partial charge in [0.1, 0.15) is 0 Å². The Morgan fingerprint density at radius 3 is 3.11 bits per heavy atom. The van der Waals surface area contributed by atoms with Crippen LogP contribution in [0.2, 0.25) is 0 Å². The summed E-state index contributed by atoms with van der Waals surface area (Å²) in [6.45, 7) is 6.24. The minimum atomic E-state index is 0.638. The number of nitrogens with one attached hydrogen (secondary N) is 2. The van der Waals surface area contributed by atoms with Crippen molar-refractivity contribution in [1.29, 1.82) is 0 Å². The summed E-state index contributed by atoms with van der Waals surface area (Å²) in [6, 6.07) is 8.57. The van der Waals surface area contributed by atoms with Crippen molar-refractivity contribution in [2.75, 3.05) is 13.1 Å². The Labute approximate surface area is 114 Å². The number of rotatable bonds is 4. The van der Waals surface area contributed by atoms with Crippen LogP contribution in [0.15, 0.2) is 43.1 Å². The van der Waals surface area contributed by atoms with Gasteiger partial charge in [0.15, 0.2) is 0 Å². The monoisotopic (exact) mass is 254 g/mol. The van der Waals surface area contributed by atoms with Gasteiger partial charge in [-0.3, -0.25) is 0 Å². The maximum absolute atomic E-state index is 3.98. The van der Waals surface area contributed by atoms with Gasteiger partial charge in [0.2, 0.25) is 0 Å². The summed E-state index contributed by atoms with van der Waals surface area (Å²) in [5.41, 5.74) is 2.71. The van der Waals surface area contributed by atoms with Gasteiger partial charge in [0, 0.05) is 23.6 Å². The summed E-state index contributed by atoms with van der Waals surface area (Å²) in [7, 11) is 0. The SMILES string of the molecule is C=CC1CNCCC1CCc1c[nH]c2ccccc12. The van der Waals surface area contributed by atoms with Crippen LogP contribution in [0.25, 0.3) is 10.9 Å². The van der Waals surface area contributed by atoms with Crippen LogP contribution in [0, 0.1) is 11.8 Å². The summed E-state index contributed by atoms with van der Waals surface area (Å²) in [6.07, 6.45) is 8.01. The number of benzene rings is 1. The Kier molecular flexibility index (Phi) is 3.69. The van der Waals surface area contributed by atoms with Crippen LogP contribution in [0.3, 0.4) is 0 Å². The summed E-state index contributed by atoms with van der Waals surface area (Å²) in [5.74, 6) is 1.42. The van der Waals surface area contributed by atoms with Crippen molar-refractivity contribution < 1.29 is 0 Å². The van der Waals surface area contributed by atoms with Crippen molar-refractivity contribution in [2.45, 2.75) is 19.3 Å². The number of aromatic nitrogens is 1. The molecule has 1 aliphatic heterocycles. The second-order valence-electron chi connectivity index (χ2n) is 5.55. The quantitative estimate of drug-likeness (QED) is 0.803. The van der Waals surface area contributed by atoms with E-state index < -0.39 is 0 Å². The first-order chi connectivity index (χ1) is 9.38. The lowest BCUT2D eigenvalue weighted by Crippen LogP contribution is -2.35. The predicted octanol–water partition coefficient (Wildman–Crippen LogP) is 3.51. The topological polar surface area (TPSA) is 27.8 Å². The Morgan fingerprint density at radius 1 is 1.32 bits per heavy atom. The molecule has 0 spiro atoms. The van der Waals surface area contributed by atoms with Gasteiger partial charge in [-0.05, 0) is 49.3 Å². The zero-order valence-corrected chi connectivity index (χ0v) is 11.4. The lowest BCUT2D eigenvalue weighted by atomic mass is 9.82. The van der Waals surface area contributed by atoms with Crippen molar-refractivity contribution in [3.8, 4) is 0 Å². The predicted molar refractivity (Wildman–Crippen MR) is 81.3 cm³/mol. The summed E-state index contributed by atoms with van der Waals surface area (Å²) in [5, 5.41) is 4.84. The molecule has 1 fully saturated rings. The van der Waals surface area contributed by atoms with Crippen LogP contribution in [-0.2, 0) is 6.42 Å². The highest BCUT2D eigenvalue weighted by Crippen LogP contribution is 2.27. The zero-order valence-electron chi connectivity index (χ0n) is 11.4. The molecule has 1 aromatic carbocycles. The normalized spacial score (nSPS) is 23.6. The number of hydrogen-bond acceptors (Lipinski definition) is 1. The molecule has 0 bridgehead atoms. The van der Waals surface area contributed by atoms with Gasteiger partial charge in [0.25, 0.3) is 0 Å². The third-order valence-corrected chi connectivity index (χ3v) is 4.44. The van der Waals surface area contributed by atoms with Crippen LogP contribution < -0.4 is 5.32 Å².